The molecule has 3 heteroatoms. The standard InChI is InChI=1S/C12H21N3/c1-6-8(2)12-14-9(3)11(7-13-5)10(4)15-12/h8,13H,6-7H2,1-5H3. The minimum absolute atomic E-state index is 0.450. The first-order chi connectivity index (χ1) is 7.10. The zero-order chi connectivity index (χ0) is 11.4. The van der Waals surface area contributed by atoms with Crippen LogP contribution in [0.25, 0.3) is 0 Å². The van der Waals surface area contributed by atoms with Crippen LogP contribution in [-0.4, -0.2) is 17.0 Å². The summed E-state index contributed by atoms with van der Waals surface area (Å²) in [7, 11) is 1.95. The van der Waals surface area contributed by atoms with E-state index in [-0.39, 0.29) is 0 Å². The van der Waals surface area contributed by atoms with E-state index in [1.165, 1.54) is 5.56 Å². The van der Waals surface area contributed by atoms with Gasteiger partial charge in [0.25, 0.3) is 0 Å². The maximum atomic E-state index is 4.57. The molecule has 1 heterocycles. The number of hydrogen-bond donors (Lipinski definition) is 1. The van der Waals surface area contributed by atoms with E-state index in [4.69, 9.17) is 0 Å². The summed E-state index contributed by atoms with van der Waals surface area (Å²) in [5.41, 5.74) is 3.43. The van der Waals surface area contributed by atoms with Gasteiger partial charge in [0, 0.05) is 29.4 Å². The Bertz CT molecular complexity index is 311. The van der Waals surface area contributed by atoms with Crippen LogP contribution in [0, 0.1) is 13.8 Å². The van der Waals surface area contributed by atoms with Crippen LogP contribution in [0.15, 0.2) is 0 Å². The van der Waals surface area contributed by atoms with Gasteiger partial charge < -0.3 is 5.32 Å². The second-order valence-corrected chi connectivity index (χ2v) is 4.07. The van der Waals surface area contributed by atoms with Gasteiger partial charge in [0.1, 0.15) is 5.82 Å². The van der Waals surface area contributed by atoms with E-state index in [1.54, 1.807) is 0 Å². The molecule has 0 radical (unpaired) electrons. The SMILES string of the molecule is CCC(C)c1nc(C)c(CNC)c(C)n1. The van der Waals surface area contributed by atoms with Gasteiger partial charge in [-0.1, -0.05) is 13.8 Å². The Hall–Kier alpha value is -0.960. The molecule has 0 aliphatic rings. The lowest BCUT2D eigenvalue weighted by Crippen LogP contribution is -2.13. The molecule has 1 rings (SSSR count). The molecule has 0 spiro atoms. The Morgan fingerprint density at radius 1 is 1.20 bits per heavy atom. The summed E-state index contributed by atoms with van der Waals surface area (Å²) in [6, 6.07) is 0. The highest BCUT2D eigenvalue weighted by Gasteiger charge is 2.11. The average molecular weight is 207 g/mol. The normalized spacial score (nSPS) is 12.9. The summed E-state index contributed by atoms with van der Waals surface area (Å²) in [5, 5.41) is 3.15. The highest BCUT2D eigenvalue weighted by Crippen LogP contribution is 2.17. The largest absolute Gasteiger partial charge is 0.316 e. The first-order valence-corrected chi connectivity index (χ1v) is 5.58. The van der Waals surface area contributed by atoms with Crippen molar-refractivity contribution in [2.24, 2.45) is 0 Å². The first-order valence-electron chi connectivity index (χ1n) is 5.58. The second kappa shape index (κ2) is 5.21. The van der Waals surface area contributed by atoms with E-state index in [2.05, 4.69) is 43.0 Å². The van der Waals surface area contributed by atoms with Gasteiger partial charge in [-0.05, 0) is 27.3 Å². The summed E-state index contributed by atoms with van der Waals surface area (Å²) in [4.78, 5) is 9.14. The lowest BCUT2D eigenvalue weighted by atomic mass is 10.1. The minimum atomic E-state index is 0.450. The number of nitrogens with one attached hydrogen (secondary N) is 1. The van der Waals surface area contributed by atoms with Gasteiger partial charge in [-0.25, -0.2) is 9.97 Å². The van der Waals surface area contributed by atoms with Crippen molar-refractivity contribution < 1.29 is 0 Å². The summed E-state index contributed by atoms with van der Waals surface area (Å²) in [5.74, 6) is 1.43. The van der Waals surface area contributed by atoms with Gasteiger partial charge in [0.05, 0.1) is 0 Å². The minimum Gasteiger partial charge on any atom is -0.316 e. The van der Waals surface area contributed by atoms with Gasteiger partial charge in [-0.3, -0.25) is 0 Å². The van der Waals surface area contributed by atoms with E-state index in [9.17, 15) is 0 Å². The van der Waals surface area contributed by atoms with E-state index < -0.39 is 0 Å². The molecule has 0 aromatic carbocycles. The molecular formula is C12H21N3. The highest BCUT2D eigenvalue weighted by molar-refractivity contribution is 5.24. The van der Waals surface area contributed by atoms with Crippen molar-refractivity contribution in [1.82, 2.24) is 15.3 Å². The molecular weight excluding hydrogens is 186 g/mol. The molecule has 0 saturated heterocycles. The van der Waals surface area contributed by atoms with E-state index in [1.807, 2.05) is 7.05 Å². The number of aryl methyl sites for hydroxylation is 2. The van der Waals surface area contributed by atoms with Crippen LogP contribution >= 0.6 is 0 Å². The third-order valence-corrected chi connectivity index (χ3v) is 2.84. The predicted molar refractivity (Wildman–Crippen MR) is 63.0 cm³/mol. The lowest BCUT2D eigenvalue weighted by Gasteiger charge is -2.13. The molecule has 0 saturated carbocycles. The van der Waals surface area contributed by atoms with Crippen LogP contribution in [0.1, 0.15) is 49.0 Å². The van der Waals surface area contributed by atoms with Crippen molar-refractivity contribution in [3.05, 3.63) is 22.8 Å². The van der Waals surface area contributed by atoms with E-state index in [0.29, 0.717) is 5.92 Å². The fourth-order valence-corrected chi connectivity index (χ4v) is 1.60. The van der Waals surface area contributed by atoms with Crippen LogP contribution in [0.4, 0.5) is 0 Å². The van der Waals surface area contributed by atoms with Crippen molar-refractivity contribution in [1.29, 1.82) is 0 Å². The third-order valence-electron chi connectivity index (χ3n) is 2.84. The Morgan fingerprint density at radius 2 is 1.73 bits per heavy atom. The number of rotatable bonds is 4. The Balaban J connectivity index is 3.07. The number of hydrogen-bond acceptors (Lipinski definition) is 3. The van der Waals surface area contributed by atoms with Gasteiger partial charge in [0.2, 0.25) is 0 Å². The second-order valence-electron chi connectivity index (χ2n) is 4.07. The smallest absolute Gasteiger partial charge is 0.131 e. The Kier molecular flexibility index (Phi) is 4.21. The molecule has 1 aromatic heterocycles. The average Bonchev–Trinajstić information content (AvgIpc) is 2.22. The number of aromatic nitrogens is 2. The van der Waals surface area contributed by atoms with Crippen molar-refractivity contribution in [2.45, 2.75) is 46.6 Å². The summed E-state index contributed by atoms with van der Waals surface area (Å²) >= 11 is 0. The van der Waals surface area contributed by atoms with Gasteiger partial charge in [0.15, 0.2) is 0 Å². The van der Waals surface area contributed by atoms with Gasteiger partial charge in [-0.2, -0.15) is 0 Å². The van der Waals surface area contributed by atoms with Gasteiger partial charge >= 0.3 is 0 Å². The maximum absolute atomic E-state index is 4.57. The van der Waals surface area contributed by atoms with Crippen LogP contribution in [0.3, 0.4) is 0 Å². The van der Waals surface area contributed by atoms with Crippen molar-refractivity contribution >= 4 is 0 Å². The number of nitrogens with zero attached hydrogens (tertiary/aromatic N) is 2. The summed E-state index contributed by atoms with van der Waals surface area (Å²) in [6.07, 6.45) is 1.09. The summed E-state index contributed by atoms with van der Waals surface area (Å²) < 4.78 is 0. The quantitative estimate of drug-likeness (QED) is 0.823. The fourth-order valence-electron chi connectivity index (χ4n) is 1.60. The predicted octanol–water partition coefficient (Wildman–Crippen LogP) is 2.33. The molecule has 84 valence electrons. The fraction of sp³-hybridized carbons (Fsp3) is 0.667. The Morgan fingerprint density at radius 3 is 2.13 bits per heavy atom. The zero-order valence-electron chi connectivity index (χ0n) is 10.4. The molecule has 0 bridgehead atoms. The molecule has 1 atom stereocenters. The van der Waals surface area contributed by atoms with Crippen molar-refractivity contribution in [3.63, 3.8) is 0 Å². The molecule has 1 unspecified atom stereocenters. The molecule has 0 aliphatic heterocycles. The molecule has 0 aliphatic carbocycles. The molecule has 0 amide bonds. The molecule has 0 fully saturated rings. The Labute approximate surface area is 92.3 Å². The summed E-state index contributed by atoms with van der Waals surface area (Å²) in [6.45, 7) is 9.31. The zero-order valence-corrected chi connectivity index (χ0v) is 10.4. The monoisotopic (exact) mass is 207 g/mol. The molecule has 1 N–H and O–H groups in total. The van der Waals surface area contributed by atoms with Crippen LogP contribution in [-0.2, 0) is 6.54 Å². The topological polar surface area (TPSA) is 37.8 Å². The van der Waals surface area contributed by atoms with Crippen LogP contribution < -0.4 is 5.32 Å². The molecule has 15 heavy (non-hydrogen) atoms. The van der Waals surface area contributed by atoms with Gasteiger partial charge in [-0.15, -0.1) is 0 Å². The van der Waals surface area contributed by atoms with Crippen LogP contribution in [0.2, 0.25) is 0 Å². The lowest BCUT2D eigenvalue weighted by molar-refractivity contribution is 0.661. The highest BCUT2D eigenvalue weighted by atomic mass is 14.9. The van der Waals surface area contributed by atoms with Crippen molar-refractivity contribution in [2.75, 3.05) is 7.05 Å². The molecule has 1 aromatic rings. The van der Waals surface area contributed by atoms with Crippen molar-refractivity contribution in [3.8, 4) is 0 Å². The first kappa shape index (κ1) is 12.1. The van der Waals surface area contributed by atoms with E-state index >= 15 is 0 Å². The molecule has 3 nitrogen and oxygen atoms in total. The maximum Gasteiger partial charge on any atom is 0.131 e. The van der Waals surface area contributed by atoms with Crippen LogP contribution in [0.5, 0.6) is 0 Å². The third kappa shape index (κ3) is 2.75. The van der Waals surface area contributed by atoms with E-state index in [0.717, 1.165) is 30.2 Å².